The van der Waals surface area contributed by atoms with Crippen molar-refractivity contribution in [1.82, 2.24) is 9.46 Å². The van der Waals surface area contributed by atoms with Crippen molar-refractivity contribution in [1.29, 1.82) is 0 Å². The first kappa shape index (κ1) is 14.7. The molecule has 0 saturated heterocycles. The maximum atomic E-state index is 11.8. The van der Waals surface area contributed by atoms with Crippen molar-refractivity contribution in [3.05, 3.63) is 17.5 Å². The van der Waals surface area contributed by atoms with Crippen molar-refractivity contribution in [2.75, 3.05) is 12.8 Å². The van der Waals surface area contributed by atoms with E-state index in [1.54, 1.807) is 13.0 Å². The smallest absolute Gasteiger partial charge is 0.303 e. The molecule has 0 bridgehead atoms. The van der Waals surface area contributed by atoms with E-state index in [9.17, 15) is 13.2 Å². The number of rotatable bonds is 7. The van der Waals surface area contributed by atoms with Gasteiger partial charge in [0, 0.05) is 19.5 Å². The number of sulfonamides is 1. The van der Waals surface area contributed by atoms with Gasteiger partial charge in [0.05, 0.1) is 18.0 Å². The molecule has 1 aromatic rings. The van der Waals surface area contributed by atoms with Crippen molar-refractivity contribution in [2.45, 2.75) is 26.3 Å². The van der Waals surface area contributed by atoms with E-state index in [0.29, 0.717) is 11.5 Å². The van der Waals surface area contributed by atoms with E-state index in [0.717, 1.165) is 4.31 Å². The van der Waals surface area contributed by atoms with E-state index in [4.69, 9.17) is 9.63 Å². The van der Waals surface area contributed by atoms with E-state index in [2.05, 4.69) is 5.16 Å². The molecule has 0 radical (unpaired) electrons. The molecule has 0 aliphatic carbocycles. The van der Waals surface area contributed by atoms with Gasteiger partial charge in [0.15, 0.2) is 0 Å². The largest absolute Gasteiger partial charge is 0.481 e. The molecular weight excluding hydrogens is 260 g/mol. The fourth-order valence-electron chi connectivity index (χ4n) is 1.38. The zero-order chi connectivity index (χ0) is 13.8. The standard InChI is InChI=1S/C10H16N2O5S/c1-8-6-9(11-17-8)7-12(2)18(15,16)5-3-4-10(13)14/h6H,3-5,7H2,1-2H3,(H,13,14). The lowest BCUT2D eigenvalue weighted by Gasteiger charge is -2.15. The number of carbonyl (C=O) groups is 1. The Morgan fingerprint density at radius 2 is 2.22 bits per heavy atom. The molecule has 1 N–H and O–H groups in total. The third kappa shape index (κ3) is 4.46. The Kier molecular flexibility index (Phi) is 4.85. The van der Waals surface area contributed by atoms with Crippen molar-refractivity contribution >= 4 is 16.0 Å². The summed E-state index contributed by atoms with van der Waals surface area (Å²) < 4.78 is 29.6. The topological polar surface area (TPSA) is 101 Å². The molecule has 102 valence electrons. The third-order valence-corrected chi connectivity index (χ3v) is 4.21. The number of hydrogen-bond donors (Lipinski definition) is 1. The fraction of sp³-hybridized carbons (Fsp3) is 0.600. The van der Waals surface area contributed by atoms with Gasteiger partial charge in [-0.15, -0.1) is 0 Å². The minimum atomic E-state index is -3.46. The lowest BCUT2D eigenvalue weighted by Crippen LogP contribution is -2.29. The molecule has 0 aliphatic rings. The molecule has 1 heterocycles. The molecule has 1 aromatic heterocycles. The molecule has 1 rings (SSSR count). The molecule has 0 saturated carbocycles. The van der Waals surface area contributed by atoms with E-state index < -0.39 is 16.0 Å². The van der Waals surface area contributed by atoms with Crippen LogP contribution < -0.4 is 0 Å². The number of hydrogen-bond acceptors (Lipinski definition) is 5. The van der Waals surface area contributed by atoms with Crippen LogP contribution in [-0.4, -0.2) is 41.8 Å². The van der Waals surface area contributed by atoms with Gasteiger partial charge in [-0.3, -0.25) is 4.79 Å². The second kappa shape index (κ2) is 5.96. The van der Waals surface area contributed by atoms with Crippen LogP contribution in [0.25, 0.3) is 0 Å². The molecule has 8 heteroatoms. The highest BCUT2D eigenvalue weighted by Gasteiger charge is 2.19. The van der Waals surface area contributed by atoms with Crippen LogP contribution in [0.3, 0.4) is 0 Å². The van der Waals surface area contributed by atoms with Gasteiger partial charge in [0.2, 0.25) is 10.0 Å². The normalized spacial score (nSPS) is 11.9. The maximum Gasteiger partial charge on any atom is 0.303 e. The van der Waals surface area contributed by atoms with Crippen LogP contribution in [0.4, 0.5) is 0 Å². The summed E-state index contributed by atoms with van der Waals surface area (Å²) in [5.41, 5.74) is 0.525. The number of nitrogens with zero attached hydrogens (tertiary/aromatic N) is 2. The van der Waals surface area contributed by atoms with Crippen LogP contribution in [0.5, 0.6) is 0 Å². The predicted molar refractivity (Wildman–Crippen MR) is 63.4 cm³/mol. The number of aromatic nitrogens is 1. The summed E-state index contributed by atoms with van der Waals surface area (Å²) in [7, 11) is -2.03. The molecular formula is C10H16N2O5S. The molecule has 0 atom stereocenters. The highest BCUT2D eigenvalue weighted by atomic mass is 32.2. The average Bonchev–Trinajstić information content (AvgIpc) is 2.63. The van der Waals surface area contributed by atoms with Gasteiger partial charge in [-0.05, 0) is 13.3 Å². The summed E-state index contributed by atoms with van der Waals surface area (Å²) in [6, 6.07) is 1.66. The van der Waals surface area contributed by atoms with Crippen molar-refractivity contribution in [3.63, 3.8) is 0 Å². The second-order valence-electron chi connectivity index (χ2n) is 4.00. The van der Waals surface area contributed by atoms with Crippen LogP contribution in [0.2, 0.25) is 0 Å². The summed E-state index contributed by atoms with van der Waals surface area (Å²) in [5.74, 6) is -0.575. The number of aryl methyl sites for hydroxylation is 1. The predicted octanol–water partition coefficient (Wildman–Crippen LogP) is 0.609. The molecule has 18 heavy (non-hydrogen) atoms. The Morgan fingerprint density at radius 1 is 1.56 bits per heavy atom. The van der Waals surface area contributed by atoms with Crippen molar-refractivity contribution in [2.24, 2.45) is 0 Å². The van der Waals surface area contributed by atoms with Crippen LogP contribution in [0.15, 0.2) is 10.6 Å². The highest BCUT2D eigenvalue weighted by molar-refractivity contribution is 7.89. The second-order valence-corrected chi connectivity index (χ2v) is 6.19. The Hall–Kier alpha value is -1.41. The van der Waals surface area contributed by atoms with Crippen molar-refractivity contribution < 1.29 is 22.8 Å². The first-order valence-electron chi connectivity index (χ1n) is 5.39. The first-order valence-corrected chi connectivity index (χ1v) is 7.00. The molecule has 0 aliphatic heterocycles. The van der Waals surface area contributed by atoms with Gasteiger partial charge >= 0.3 is 5.97 Å². The minimum absolute atomic E-state index is 0.0971. The average molecular weight is 276 g/mol. The fourth-order valence-corrected chi connectivity index (χ4v) is 2.53. The van der Waals surface area contributed by atoms with Gasteiger partial charge in [0.1, 0.15) is 5.76 Å². The monoisotopic (exact) mass is 276 g/mol. The Bertz CT molecular complexity index is 508. The maximum absolute atomic E-state index is 11.8. The van der Waals surface area contributed by atoms with Gasteiger partial charge in [-0.25, -0.2) is 8.42 Å². The SMILES string of the molecule is Cc1cc(CN(C)S(=O)(=O)CCCC(=O)O)no1. The van der Waals surface area contributed by atoms with Gasteiger partial charge < -0.3 is 9.63 Å². The Labute approximate surface area is 105 Å². The number of aliphatic carboxylic acids is 1. The van der Waals surface area contributed by atoms with E-state index >= 15 is 0 Å². The lowest BCUT2D eigenvalue weighted by atomic mass is 10.3. The van der Waals surface area contributed by atoms with Crippen LogP contribution >= 0.6 is 0 Å². The van der Waals surface area contributed by atoms with Gasteiger partial charge in [0.25, 0.3) is 0 Å². The molecule has 0 fully saturated rings. The third-order valence-electron chi connectivity index (χ3n) is 2.33. The Morgan fingerprint density at radius 3 is 2.72 bits per heavy atom. The summed E-state index contributed by atoms with van der Waals surface area (Å²) in [6.07, 6.45) is -0.0595. The van der Waals surface area contributed by atoms with Gasteiger partial charge in [-0.1, -0.05) is 5.16 Å². The van der Waals surface area contributed by atoms with Crippen LogP contribution in [0, 0.1) is 6.92 Å². The zero-order valence-corrected chi connectivity index (χ0v) is 11.1. The van der Waals surface area contributed by atoms with E-state index in [1.165, 1.54) is 7.05 Å². The highest BCUT2D eigenvalue weighted by Crippen LogP contribution is 2.09. The summed E-state index contributed by atoms with van der Waals surface area (Å²) in [4.78, 5) is 10.3. The number of carboxylic acids is 1. The summed E-state index contributed by atoms with van der Waals surface area (Å²) in [6.45, 7) is 1.84. The molecule has 0 amide bonds. The lowest BCUT2D eigenvalue weighted by molar-refractivity contribution is -0.137. The molecule has 7 nitrogen and oxygen atoms in total. The van der Waals surface area contributed by atoms with E-state index in [-0.39, 0.29) is 25.1 Å². The van der Waals surface area contributed by atoms with Crippen LogP contribution in [-0.2, 0) is 21.4 Å². The summed E-state index contributed by atoms with van der Waals surface area (Å²) >= 11 is 0. The zero-order valence-electron chi connectivity index (χ0n) is 10.3. The first-order chi connectivity index (χ1) is 8.31. The Balaban J connectivity index is 2.53. The molecule has 0 aromatic carbocycles. The molecule has 0 unspecified atom stereocenters. The minimum Gasteiger partial charge on any atom is -0.481 e. The quantitative estimate of drug-likeness (QED) is 0.783. The molecule has 0 spiro atoms. The van der Waals surface area contributed by atoms with Crippen LogP contribution in [0.1, 0.15) is 24.3 Å². The number of carboxylic acid groups (broad SMARTS) is 1. The summed E-state index contributed by atoms with van der Waals surface area (Å²) in [5, 5.41) is 12.2. The van der Waals surface area contributed by atoms with E-state index in [1.807, 2.05) is 0 Å². The van der Waals surface area contributed by atoms with Crippen molar-refractivity contribution in [3.8, 4) is 0 Å². The van der Waals surface area contributed by atoms with Gasteiger partial charge in [-0.2, -0.15) is 4.31 Å².